The number of benzene rings is 2. The highest BCUT2D eigenvalue weighted by atomic mass is 16.4. The molecule has 1 heterocycles. The molecule has 0 aromatic heterocycles. The molecule has 42 heavy (non-hydrogen) atoms. The van der Waals surface area contributed by atoms with E-state index in [0.717, 1.165) is 76.6 Å². The normalized spacial score (nSPS) is 22.7. The van der Waals surface area contributed by atoms with Gasteiger partial charge in [-0.25, -0.2) is 9.59 Å². The molecular weight excluding hydrogens is 536 g/mol. The first-order chi connectivity index (χ1) is 20.3. The van der Waals surface area contributed by atoms with E-state index >= 15 is 0 Å². The van der Waals surface area contributed by atoms with Gasteiger partial charge in [0.2, 0.25) is 0 Å². The number of nitrogens with one attached hydrogen (secondary N) is 8. The van der Waals surface area contributed by atoms with Crippen LogP contribution in [0.15, 0.2) is 48.5 Å². The zero-order chi connectivity index (χ0) is 30.3. The van der Waals surface area contributed by atoms with E-state index in [1.807, 2.05) is 38.4 Å². The molecule has 0 amide bonds. The maximum atomic E-state index is 11.2. The second-order valence-electron chi connectivity index (χ2n) is 11.0. The molecule has 10 N–H and O–H groups in total. The lowest BCUT2D eigenvalue weighted by atomic mass is 9.97. The standard InChI is InChI=1S/C30H48N8O4/c1-31-17-29(37-15-23-3-7-25(8-4-23)27(39)40)19-33-11-13-35-21-30(18-32-2,22-36-14-12-34-20-29)38-16-24-5-9-26(10-6-24)28(41)42/h3-10,31-38H,11-22H2,1-2H3,(H,39,40)(H,41,42). The van der Waals surface area contributed by atoms with Gasteiger partial charge in [0.15, 0.2) is 0 Å². The lowest BCUT2D eigenvalue weighted by molar-refractivity contribution is 0.0686. The van der Waals surface area contributed by atoms with Crippen LogP contribution in [0.25, 0.3) is 0 Å². The van der Waals surface area contributed by atoms with Gasteiger partial charge >= 0.3 is 11.9 Å². The molecule has 0 spiro atoms. The molecule has 1 aliphatic heterocycles. The number of likely N-dealkylation sites (N-methyl/N-ethyl adjacent to an activating group) is 2. The Balaban J connectivity index is 1.60. The molecule has 1 fully saturated rings. The molecule has 3 rings (SSSR count). The Labute approximate surface area is 248 Å². The molecule has 232 valence electrons. The molecule has 12 heteroatoms. The molecule has 1 aliphatic rings. The Hall–Kier alpha value is -2.94. The van der Waals surface area contributed by atoms with Crippen LogP contribution in [-0.2, 0) is 13.1 Å². The zero-order valence-electron chi connectivity index (χ0n) is 24.8. The minimum Gasteiger partial charge on any atom is -0.478 e. The van der Waals surface area contributed by atoms with Crippen molar-refractivity contribution in [2.75, 3.05) is 79.5 Å². The van der Waals surface area contributed by atoms with Crippen LogP contribution in [0.1, 0.15) is 31.8 Å². The van der Waals surface area contributed by atoms with Gasteiger partial charge in [-0.15, -0.1) is 0 Å². The number of carboxylic acid groups (broad SMARTS) is 2. The van der Waals surface area contributed by atoms with Crippen molar-refractivity contribution in [1.82, 2.24) is 42.5 Å². The van der Waals surface area contributed by atoms with Gasteiger partial charge in [-0.05, 0) is 49.5 Å². The summed E-state index contributed by atoms with van der Waals surface area (Å²) < 4.78 is 0. The predicted molar refractivity (Wildman–Crippen MR) is 165 cm³/mol. The predicted octanol–water partition coefficient (Wildman–Crippen LogP) is -0.749. The van der Waals surface area contributed by atoms with E-state index in [1.54, 1.807) is 24.3 Å². The largest absolute Gasteiger partial charge is 0.478 e. The number of hydrogen-bond donors (Lipinski definition) is 10. The van der Waals surface area contributed by atoms with Gasteiger partial charge in [0.05, 0.1) is 22.2 Å². The number of aromatic carboxylic acids is 2. The van der Waals surface area contributed by atoms with Crippen LogP contribution in [0.2, 0.25) is 0 Å². The molecule has 0 atom stereocenters. The summed E-state index contributed by atoms with van der Waals surface area (Å²) in [6.45, 7) is 8.90. The lowest BCUT2D eigenvalue weighted by Crippen LogP contribution is -2.65. The Morgan fingerprint density at radius 1 is 0.619 bits per heavy atom. The fourth-order valence-electron chi connectivity index (χ4n) is 5.20. The van der Waals surface area contributed by atoms with E-state index in [-0.39, 0.29) is 22.2 Å². The molecule has 0 aliphatic carbocycles. The number of hydrogen-bond acceptors (Lipinski definition) is 10. The van der Waals surface area contributed by atoms with E-state index < -0.39 is 11.9 Å². The number of carboxylic acids is 2. The van der Waals surface area contributed by atoms with Crippen LogP contribution in [0, 0.1) is 0 Å². The average molecular weight is 585 g/mol. The van der Waals surface area contributed by atoms with Crippen LogP contribution in [0.3, 0.4) is 0 Å². The van der Waals surface area contributed by atoms with Gasteiger partial charge in [-0.3, -0.25) is 0 Å². The topological polar surface area (TPSA) is 171 Å². The minimum atomic E-state index is -0.922. The highest BCUT2D eigenvalue weighted by Crippen LogP contribution is 2.10. The molecule has 0 radical (unpaired) electrons. The molecule has 1 saturated heterocycles. The number of rotatable bonds is 12. The van der Waals surface area contributed by atoms with E-state index in [1.165, 1.54) is 0 Å². The minimum absolute atomic E-state index is 0.252. The first kappa shape index (κ1) is 33.6. The molecule has 0 unspecified atom stereocenters. The quantitative estimate of drug-likeness (QED) is 0.152. The van der Waals surface area contributed by atoms with E-state index in [9.17, 15) is 19.8 Å². The lowest BCUT2D eigenvalue weighted by Gasteiger charge is -2.38. The van der Waals surface area contributed by atoms with Crippen LogP contribution >= 0.6 is 0 Å². The van der Waals surface area contributed by atoms with E-state index in [2.05, 4.69) is 42.5 Å². The third kappa shape index (κ3) is 10.7. The molecule has 2 aromatic rings. The summed E-state index contributed by atoms with van der Waals surface area (Å²) in [7, 11) is 3.91. The molecule has 0 bridgehead atoms. The average Bonchev–Trinajstić information content (AvgIpc) is 2.99. The van der Waals surface area contributed by atoms with Crippen molar-refractivity contribution in [3.8, 4) is 0 Å². The fraction of sp³-hybridized carbons (Fsp3) is 0.533. The Bertz CT molecular complexity index is 994. The van der Waals surface area contributed by atoms with Gasteiger partial charge in [0.25, 0.3) is 0 Å². The Kier molecular flexibility index (Phi) is 13.8. The monoisotopic (exact) mass is 584 g/mol. The maximum absolute atomic E-state index is 11.2. The van der Waals surface area contributed by atoms with E-state index in [0.29, 0.717) is 13.1 Å². The van der Waals surface area contributed by atoms with E-state index in [4.69, 9.17) is 0 Å². The smallest absolute Gasteiger partial charge is 0.335 e. The summed E-state index contributed by atoms with van der Waals surface area (Å²) in [6.07, 6.45) is 0. The van der Waals surface area contributed by atoms with Crippen LogP contribution in [-0.4, -0.2) is 113 Å². The Morgan fingerprint density at radius 3 is 1.19 bits per heavy atom. The molecule has 12 nitrogen and oxygen atoms in total. The van der Waals surface area contributed by atoms with Gasteiger partial charge in [0.1, 0.15) is 0 Å². The van der Waals surface area contributed by atoms with Crippen molar-refractivity contribution in [3.05, 3.63) is 70.8 Å². The van der Waals surface area contributed by atoms with Crippen LogP contribution in [0.4, 0.5) is 0 Å². The zero-order valence-corrected chi connectivity index (χ0v) is 24.8. The van der Waals surface area contributed by atoms with Crippen molar-refractivity contribution in [2.45, 2.75) is 24.2 Å². The molecule has 2 aromatic carbocycles. The maximum Gasteiger partial charge on any atom is 0.335 e. The fourth-order valence-corrected chi connectivity index (χ4v) is 5.20. The molecular formula is C30H48N8O4. The first-order valence-corrected chi connectivity index (χ1v) is 14.6. The first-order valence-electron chi connectivity index (χ1n) is 14.6. The van der Waals surface area contributed by atoms with Crippen LogP contribution < -0.4 is 42.5 Å². The summed E-state index contributed by atoms with van der Waals surface area (Å²) in [6, 6.07) is 14.0. The van der Waals surface area contributed by atoms with Crippen molar-refractivity contribution in [3.63, 3.8) is 0 Å². The van der Waals surface area contributed by atoms with Crippen LogP contribution in [0.5, 0.6) is 0 Å². The van der Waals surface area contributed by atoms with Gasteiger partial charge in [-0.1, -0.05) is 24.3 Å². The number of carbonyl (C=O) groups is 2. The summed E-state index contributed by atoms with van der Waals surface area (Å²) in [5, 5.41) is 47.0. The summed E-state index contributed by atoms with van der Waals surface area (Å²) in [4.78, 5) is 22.4. The third-order valence-corrected chi connectivity index (χ3v) is 7.58. The van der Waals surface area contributed by atoms with Crippen molar-refractivity contribution >= 4 is 11.9 Å². The molecule has 0 saturated carbocycles. The Morgan fingerprint density at radius 2 is 0.929 bits per heavy atom. The van der Waals surface area contributed by atoms with Crippen molar-refractivity contribution in [1.29, 1.82) is 0 Å². The summed E-state index contributed by atoms with van der Waals surface area (Å²) >= 11 is 0. The second-order valence-corrected chi connectivity index (χ2v) is 11.0. The highest BCUT2D eigenvalue weighted by molar-refractivity contribution is 5.87. The van der Waals surface area contributed by atoms with Crippen molar-refractivity contribution < 1.29 is 19.8 Å². The summed E-state index contributed by atoms with van der Waals surface area (Å²) in [5.74, 6) is -1.84. The van der Waals surface area contributed by atoms with Crippen molar-refractivity contribution in [2.24, 2.45) is 0 Å². The van der Waals surface area contributed by atoms with Gasteiger partial charge in [-0.2, -0.15) is 0 Å². The second kappa shape index (κ2) is 17.2. The SMILES string of the molecule is CNCC1(NCc2ccc(C(=O)O)cc2)CNCCNCC(CNC)(NCc2ccc(C(=O)O)cc2)CNCCNC1. The highest BCUT2D eigenvalue weighted by Gasteiger charge is 2.30. The third-order valence-electron chi connectivity index (χ3n) is 7.58. The summed E-state index contributed by atoms with van der Waals surface area (Å²) in [5.41, 5.74) is 2.13. The van der Waals surface area contributed by atoms with Gasteiger partial charge in [0, 0.05) is 78.5 Å². The van der Waals surface area contributed by atoms with Gasteiger partial charge < -0.3 is 52.7 Å².